The van der Waals surface area contributed by atoms with Gasteiger partial charge in [-0.05, 0) is 47.9 Å². The Hall–Kier alpha value is -1.68. The second-order valence-corrected chi connectivity index (χ2v) is 7.32. The summed E-state index contributed by atoms with van der Waals surface area (Å²) in [5.74, 6) is 0. The van der Waals surface area contributed by atoms with Gasteiger partial charge in [-0.3, -0.25) is 4.90 Å². The number of fused-ring (bicyclic) bond motifs is 2. The van der Waals surface area contributed by atoms with Crippen LogP contribution in [-0.2, 0) is 24.1 Å². The van der Waals surface area contributed by atoms with Gasteiger partial charge in [-0.25, -0.2) is 0 Å². The quantitative estimate of drug-likeness (QED) is 0.906. The van der Waals surface area contributed by atoms with Gasteiger partial charge < -0.3 is 9.84 Å². The molecule has 3 nitrogen and oxygen atoms in total. The van der Waals surface area contributed by atoms with Crippen molar-refractivity contribution >= 4 is 0 Å². The van der Waals surface area contributed by atoms with Crippen molar-refractivity contribution in [1.29, 1.82) is 0 Å². The van der Waals surface area contributed by atoms with Crippen LogP contribution < -0.4 is 0 Å². The van der Waals surface area contributed by atoms with Gasteiger partial charge in [0.15, 0.2) is 0 Å². The lowest BCUT2D eigenvalue weighted by Gasteiger charge is -2.31. The summed E-state index contributed by atoms with van der Waals surface area (Å²) in [6, 6.07) is 17.2. The zero-order chi connectivity index (χ0) is 17.1. The van der Waals surface area contributed by atoms with Gasteiger partial charge in [0.2, 0.25) is 0 Å². The van der Waals surface area contributed by atoms with Crippen molar-refractivity contribution in [3.63, 3.8) is 0 Å². The number of hydrogen-bond donors (Lipinski definition) is 1. The molecule has 0 spiro atoms. The van der Waals surface area contributed by atoms with Crippen LogP contribution in [0.1, 0.15) is 41.2 Å². The summed E-state index contributed by atoms with van der Waals surface area (Å²) in [4.78, 5) is 2.34. The van der Waals surface area contributed by atoms with Crippen molar-refractivity contribution < 1.29 is 9.84 Å². The normalized spacial score (nSPS) is 21.4. The first-order chi connectivity index (χ1) is 12.3. The van der Waals surface area contributed by atoms with Crippen LogP contribution in [-0.4, -0.2) is 35.8 Å². The van der Waals surface area contributed by atoms with E-state index in [9.17, 15) is 5.11 Å². The molecule has 1 heterocycles. The highest BCUT2D eigenvalue weighted by Crippen LogP contribution is 2.32. The van der Waals surface area contributed by atoms with E-state index in [0.29, 0.717) is 13.2 Å². The molecule has 0 saturated heterocycles. The van der Waals surface area contributed by atoms with Crippen molar-refractivity contribution in [2.45, 2.75) is 44.4 Å². The Bertz CT molecular complexity index is 715. The van der Waals surface area contributed by atoms with Crippen LogP contribution in [0, 0.1) is 0 Å². The van der Waals surface area contributed by atoms with Crippen LogP contribution >= 0.6 is 0 Å². The molecular weight excluding hydrogens is 310 g/mol. The number of hydrogen-bond acceptors (Lipinski definition) is 3. The van der Waals surface area contributed by atoms with Crippen LogP contribution in [0.3, 0.4) is 0 Å². The fourth-order valence-corrected chi connectivity index (χ4v) is 4.17. The van der Waals surface area contributed by atoms with Crippen LogP contribution in [0.15, 0.2) is 48.5 Å². The first kappa shape index (κ1) is 16.8. The monoisotopic (exact) mass is 337 g/mol. The van der Waals surface area contributed by atoms with Crippen LogP contribution in [0.25, 0.3) is 0 Å². The summed E-state index contributed by atoms with van der Waals surface area (Å²) in [5, 5.41) is 10.5. The van der Waals surface area contributed by atoms with E-state index in [1.807, 2.05) is 0 Å². The minimum absolute atomic E-state index is 0.140. The van der Waals surface area contributed by atoms with Gasteiger partial charge in [0, 0.05) is 19.6 Å². The molecular formula is C22H27NO2. The van der Waals surface area contributed by atoms with E-state index in [1.165, 1.54) is 28.7 Å². The predicted molar refractivity (Wildman–Crippen MR) is 99.5 cm³/mol. The number of aryl methyl sites for hydroxylation is 1. The molecule has 0 unspecified atom stereocenters. The van der Waals surface area contributed by atoms with Gasteiger partial charge >= 0.3 is 0 Å². The lowest BCUT2D eigenvalue weighted by atomic mass is 9.89. The molecule has 2 aromatic carbocycles. The van der Waals surface area contributed by atoms with E-state index in [2.05, 4.69) is 53.4 Å². The summed E-state index contributed by atoms with van der Waals surface area (Å²) >= 11 is 0. The van der Waals surface area contributed by atoms with Gasteiger partial charge in [-0.15, -0.1) is 0 Å². The Balaban J connectivity index is 1.30. The van der Waals surface area contributed by atoms with Crippen LogP contribution in [0.2, 0.25) is 0 Å². The van der Waals surface area contributed by atoms with E-state index < -0.39 is 6.10 Å². The Morgan fingerprint density at radius 1 is 1.00 bits per heavy atom. The molecule has 0 bridgehead atoms. The second kappa shape index (κ2) is 7.69. The number of ether oxygens (including phenoxy) is 1. The molecule has 0 radical (unpaired) electrons. The Labute approximate surface area is 150 Å². The van der Waals surface area contributed by atoms with E-state index >= 15 is 0 Å². The van der Waals surface area contributed by atoms with Crippen molar-refractivity contribution in [3.8, 4) is 0 Å². The molecule has 3 heteroatoms. The van der Waals surface area contributed by atoms with E-state index in [-0.39, 0.29) is 6.10 Å². The third kappa shape index (κ3) is 3.95. The first-order valence-electron chi connectivity index (χ1n) is 9.46. The summed E-state index contributed by atoms with van der Waals surface area (Å²) < 4.78 is 6.11. The summed E-state index contributed by atoms with van der Waals surface area (Å²) in [6.07, 6.45) is 4.15. The summed E-state index contributed by atoms with van der Waals surface area (Å²) in [6.45, 7) is 3.04. The lowest BCUT2D eigenvalue weighted by molar-refractivity contribution is -0.0293. The molecule has 0 amide bonds. The molecule has 0 saturated carbocycles. The molecule has 25 heavy (non-hydrogen) atoms. The number of rotatable bonds is 5. The molecule has 2 aromatic rings. The average Bonchev–Trinajstić information content (AvgIpc) is 2.66. The molecule has 4 rings (SSSR count). The molecule has 1 aliphatic heterocycles. The number of nitrogens with zero attached hydrogens (tertiary/aromatic N) is 1. The zero-order valence-corrected chi connectivity index (χ0v) is 14.7. The first-order valence-corrected chi connectivity index (χ1v) is 9.46. The molecule has 1 N–H and O–H groups in total. The lowest BCUT2D eigenvalue weighted by Crippen LogP contribution is -2.38. The molecule has 1 aliphatic carbocycles. The van der Waals surface area contributed by atoms with E-state index in [1.54, 1.807) is 0 Å². The number of benzene rings is 2. The maximum Gasteiger partial charge on any atom is 0.0900 e. The average molecular weight is 337 g/mol. The van der Waals surface area contributed by atoms with Crippen LogP contribution in [0.4, 0.5) is 0 Å². The highest BCUT2D eigenvalue weighted by atomic mass is 16.5. The van der Waals surface area contributed by atoms with Gasteiger partial charge in [0.05, 0.1) is 18.8 Å². The molecule has 0 fully saturated rings. The van der Waals surface area contributed by atoms with Gasteiger partial charge in [0.25, 0.3) is 0 Å². The van der Waals surface area contributed by atoms with Gasteiger partial charge in [0.1, 0.15) is 0 Å². The summed E-state index contributed by atoms with van der Waals surface area (Å²) in [5.41, 5.74) is 5.56. The van der Waals surface area contributed by atoms with Gasteiger partial charge in [-0.1, -0.05) is 48.5 Å². The second-order valence-electron chi connectivity index (χ2n) is 7.32. The highest BCUT2D eigenvalue weighted by molar-refractivity contribution is 5.31. The van der Waals surface area contributed by atoms with Gasteiger partial charge in [-0.2, -0.15) is 0 Å². The molecule has 0 aromatic heterocycles. The minimum Gasteiger partial charge on any atom is -0.389 e. The van der Waals surface area contributed by atoms with Crippen molar-refractivity contribution in [3.05, 3.63) is 70.8 Å². The predicted octanol–water partition coefficient (Wildman–Crippen LogP) is 3.50. The van der Waals surface area contributed by atoms with Crippen molar-refractivity contribution in [2.75, 3.05) is 19.7 Å². The Kier molecular flexibility index (Phi) is 5.16. The number of aliphatic hydroxyl groups excluding tert-OH is 1. The minimum atomic E-state index is -0.431. The Morgan fingerprint density at radius 2 is 1.76 bits per heavy atom. The molecule has 2 aliphatic rings. The maximum absolute atomic E-state index is 10.5. The zero-order valence-electron chi connectivity index (χ0n) is 14.7. The van der Waals surface area contributed by atoms with Crippen molar-refractivity contribution in [1.82, 2.24) is 4.90 Å². The smallest absolute Gasteiger partial charge is 0.0900 e. The van der Waals surface area contributed by atoms with E-state index in [4.69, 9.17) is 4.74 Å². The number of β-amino-alcohol motifs (C(OH)–C–C–N with tert-alkyl or cyclic N) is 1. The van der Waals surface area contributed by atoms with Crippen LogP contribution in [0.5, 0.6) is 0 Å². The SMILES string of the molecule is O[C@@H](CO[C@@H]1CCCc2ccccc21)CN1CCc2ccccc2C1. The van der Waals surface area contributed by atoms with E-state index in [0.717, 1.165) is 32.4 Å². The summed E-state index contributed by atoms with van der Waals surface area (Å²) in [7, 11) is 0. The number of aliphatic hydroxyl groups is 1. The largest absolute Gasteiger partial charge is 0.389 e. The molecule has 2 atom stereocenters. The fourth-order valence-electron chi connectivity index (χ4n) is 4.17. The standard InChI is InChI=1S/C22H27NO2/c24-20(15-23-13-12-17-6-1-2-8-19(17)14-23)16-25-22-11-5-9-18-7-3-4-10-21(18)22/h1-4,6-8,10,20,22,24H,5,9,11-16H2/t20-,22-/m1/s1. The molecule has 132 valence electrons. The van der Waals surface area contributed by atoms with Crippen molar-refractivity contribution in [2.24, 2.45) is 0 Å². The maximum atomic E-state index is 10.5. The third-order valence-electron chi connectivity index (χ3n) is 5.48. The highest BCUT2D eigenvalue weighted by Gasteiger charge is 2.23. The fraction of sp³-hybridized carbons (Fsp3) is 0.455. The third-order valence-corrected chi connectivity index (χ3v) is 5.48. The topological polar surface area (TPSA) is 32.7 Å². The Morgan fingerprint density at radius 3 is 2.64 bits per heavy atom.